The van der Waals surface area contributed by atoms with Crippen LogP contribution in [0.5, 0.6) is 0 Å². The zero-order valence-electron chi connectivity index (χ0n) is 11.1. The van der Waals surface area contributed by atoms with Crippen molar-refractivity contribution in [2.45, 2.75) is 44.6 Å². The van der Waals surface area contributed by atoms with Crippen molar-refractivity contribution in [3.63, 3.8) is 0 Å². The molecule has 1 aromatic rings. The largest absolute Gasteiger partial charge is 0.480 e. The van der Waals surface area contributed by atoms with Crippen LogP contribution in [0.1, 0.15) is 54.4 Å². The number of carbonyl (C=O) groups excluding carboxylic acids is 1. The highest BCUT2D eigenvalue weighted by atomic mass is 16.4. The van der Waals surface area contributed by atoms with Crippen LogP contribution in [-0.4, -0.2) is 23.0 Å². The molecule has 19 heavy (non-hydrogen) atoms. The van der Waals surface area contributed by atoms with Crippen LogP contribution >= 0.6 is 0 Å². The lowest BCUT2D eigenvalue weighted by atomic mass is 9.80. The average Bonchev–Trinajstić information content (AvgIpc) is 2.34. The van der Waals surface area contributed by atoms with Crippen LogP contribution < -0.4 is 5.32 Å². The summed E-state index contributed by atoms with van der Waals surface area (Å²) in [4.78, 5) is 22.8. The van der Waals surface area contributed by atoms with Gasteiger partial charge in [-0.2, -0.15) is 0 Å². The number of rotatable bonds is 5. The average molecular weight is 261 g/mol. The molecule has 0 bridgehead atoms. The van der Waals surface area contributed by atoms with Gasteiger partial charge in [-0.3, -0.25) is 4.79 Å². The lowest BCUT2D eigenvalue weighted by Gasteiger charge is -2.25. The summed E-state index contributed by atoms with van der Waals surface area (Å²) in [6, 6.07) is 6.68. The zero-order valence-corrected chi connectivity index (χ0v) is 11.1. The Morgan fingerprint density at radius 1 is 1.32 bits per heavy atom. The molecule has 1 atom stereocenters. The van der Waals surface area contributed by atoms with Gasteiger partial charge in [0.25, 0.3) is 5.91 Å². The predicted octanol–water partition coefficient (Wildman–Crippen LogP) is 2.55. The van der Waals surface area contributed by atoms with Gasteiger partial charge in [0.2, 0.25) is 0 Å². The van der Waals surface area contributed by atoms with Crippen LogP contribution in [0.15, 0.2) is 24.3 Å². The maximum atomic E-state index is 11.9. The van der Waals surface area contributed by atoms with Crippen LogP contribution in [0, 0.1) is 0 Å². The van der Waals surface area contributed by atoms with Crippen molar-refractivity contribution in [2.24, 2.45) is 0 Å². The van der Waals surface area contributed by atoms with Gasteiger partial charge in [0.05, 0.1) is 0 Å². The Morgan fingerprint density at radius 2 is 1.95 bits per heavy atom. The Labute approximate surface area is 112 Å². The van der Waals surface area contributed by atoms with Gasteiger partial charge >= 0.3 is 5.97 Å². The van der Waals surface area contributed by atoms with Crippen LogP contribution in [0.25, 0.3) is 0 Å². The fourth-order valence-corrected chi connectivity index (χ4v) is 2.23. The smallest absolute Gasteiger partial charge is 0.326 e. The number of nitrogens with one attached hydrogen (secondary N) is 1. The molecule has 4 heteroatoms. The van der Waals surface area contributed by atoms with Gasteiger partial charge < -0.3 is 10.4 Å². The van der Waals surface area contributed by atoms with Crippen LogP contribution in [-0.2, 0) is 4.79 Å². The third-order valence-electron chi connectivity index (χ3n) is 3.76. The second-order valence-electron chi connectivity index (χ2n) is 5.02. The fraction of sp³-hybridized carbons (Fsp3) is 0.467. The van der Waals surface area contributed by atoms with Gasteiger partial charge in [-0.25, -0.2) is 4.79 Å². The molecule has 2 N–H and O–H groups in total. The van der Waals surface area contributed by atoms with E-state index in [1.165, 1.54) is 24.8 Å². The Morgan fingerprint density at radius 3 is 2.37 bits per heavy atom. The first-order valence-corrected chi connectivity index (χ1v) is 6.75. The first-order valence-electron chi connectivity index (χ1n) is 6.75. The molecule has 1 aliphatic rings. The quantitative estimate of drug-likeness (QED) is 0.856. The summed E-state index contributed by atoms with van der Waals surface area (Å²) >= 11 is 0. The number of benzene rings is 1. The molecule has 0 saturated heterocycles. The number of aliphatic carboxylic acids is 1. The van der Waals surface area contributed by atoms with E-state index < -0.39 is 12.0 Å². The third-order valence-corrected chi connectivity index (χ3v) is 3.76. The van der Waals surface area contributed by atoms with Gasteiger partial charge in [-0.1, -0.05) is 25.5 Å². The van der Waals surface area contributed by atoms with Gasteiger partial charge in [0.1, 0.15) is 6.04 Å². The molecule has 1 saturated carbocycles. The van der Waals surface area contributed by atoms with E-state index in [9.17, 15) is 9.59 Å². The van der Waals surface area contributed by atoms with Gasteiger partial charge in [-0.15, -0.1) is 0 Å². The van der Waals surface area contributed by atoms with E-state index in [-0.39, 0.29) is 5.91 Å². The SMILES string of the molecule is CCC(NC(=O)c1ccc(C2CCC2)cc1)C(=O)O. The topological polar surface area (TPSA) is 66.4 Å². The molecule has 4 nitrogen and oxygen atoms in total. The Balaban J connectivity index is 2.00. The lowest BCUT2D eigenvalue weighted by Crippen LogP contribution is -2.40. The Bertz CT molecular complexity index is 463. The molecule has 0 aliphatic heterocycles. The monoisotopic (exact) mass is 261 g/mol. The van der Waals surface area contributed by atoms with E-state index in [1.807, 2.05) is 12.1 Å². The normalized spacial score (nSPS) is 16.5. The minimum Gasteiger partial charge on any atom is -0.480 e. The summed E-state index contributed by atoms with van der Waals surface area (Å²) in [7, 11) is 0. The van der Waals surface area contributed by atoms with Crippen molar-refractivity contribution in [2.75, 3.05) is 0 Å². The molecular formula is C15H19NO3. The maximum absolute atomic E-state index is 11.9. The van der Waals surface area contributed by atoms with Crippen LogP contribution in [0.3, 0.4) is 0 Å². The Kier molecular flexibility index (Phi) is 4.20. The lowest BCUT2D eigenvalue weighted by molar-refractivity contribution is -0.139. The molecule has 1 fully saturated rings. The molecule has 0 spiro atoms. The molecule has 0 heterocycles. The summed E-state index contributed by atoms with van der Waals surface area (Å²) in [5, 5.41) is 11.4. The summed E-state index contributed by atoms with van der Waals surface area (Å²) in [5.74, 6) is -0.684. The van der Waals surface area contributed by atoms with Crippen molar-refractivity contribution < 1.29 is 14.7 Å². The summed E-state index contributed by atoms with van der Waals surface area (Å²) in [6.07, 6.45) is 4.11. The highest BCUT2D eigenvalue weighted by Gasteiger charge is 2.21. The minimum absolute atomic E-state index is 0.325. The predicted molar refractivity (Wildman–Crippen MR) is 72.2 cm³/mol. The summed E-state index contributed by atoms with van der Waals surface area (Å²) in [6.45, 7) is 1.73. The highest BCUT2D eigenvalue weighted by molar-refractivity contribution is 5.96. The molecule has 102 valence electrons. The Hall–Kier alpha value is -1.84. The zero-order chi connectivity index (χ0) is 13.8. The molecule has 1 unspecified atom stereocenters. The van der Waals surface area contributed by atoms with E-state index in [0.29, 0.717) is 17.9 Å². The van der Waals surface area contributed by atoms with Crippen molar-refractivity contribution in [1.29, 1.82) is 0 Å². The molecule has 1 amide bonds. The van der Waals surface area contributed by atoms with Crippen molar-refractivity contribution >= 4 is 11.9 Å². The molecule has 1 aromatic carbocycles. The van der Waals surface area contributed by atoms with Gasteiger partial charge in [-0.05, 0) is 42.9 Å². The van der Waals surface area contributed by atoms with E-state index in [2.05, 4.69) is 5.32 Å². The first-order chi connectivity index (χ1) is 9.11. The number of hydrogen-bond donors (Lipinski definition) is 2. The van der Waals surface area contributed by atoms with E-state index in [4.69, 9.17) is 5.11 Å². The number of hydrogen-bond acceptors (Lipinski definition) is 2. The number of carboxylic acid groups (broad SMARTS) is 1. The number of carbonyl (C=O) groups is 2. The van der Waals surface area contributed by atoms with Crippen LogP contribution in [0.4, 0.5) is 0 Å². The number of amides is 1. The molecular weight excluding hydrogens is 242 g/mol. The number of carboxylic acids is 1. The first kappa shape index (κ1) is 13.6. The molecule has 0 radical (unpaired) electrons. The van der Waals surface area contributed by atoms with E-state index in [0.717, 1.165) is 0 Å². The maximum Gasteiger partial charge on any atom is 0.326 e. The second kappa shape index (κ2) is 5.87. The highest BCUT2D eigenvalue weighted by Crippen LogP contribution is 2.36. The van der Waals surface area contributed by atoms with Crippen molar-refractivity contribution in [3.8, 4) is 0 Å². The van der Waals surface area contributed by atoms with Crippen molar-refractivity contribution in [1.82, 2.24) is 5.32 Å². The molecule has 1 aliphatic carbocycles. The third kappa shape index (κ3) is 3.13. The fourth-order valence-electron chi connectivity index (χ4n) is 2.23. The van der Waals surface area contributed by atoms with E-state index >= 15 is 0 Å². The second-order valence-corrected chi connectivity index (χ2v) is 5.02. The summed E-state index contributed by atoms with van der Waals surface area (Å²) in [5.41, 5.74) is 1.79. The van der Waals surface area contributed by atoms with Gasteiger partial charge in [0.15, 0.2) is 0 Å². The van der Waals surface area contributed by atoms with E-state index in [1.54, 1.807) is 19.1 Å². The molecule has 0 aromatic heterocycles. The minimum atomic E-state index is -0.998. The van der Waals surface area contributed by atoms with Crippen molar-refractivity contribution in [3.05, 3.63) is 35.4 Å². The van der Waals surface area contributed by atoms with Crippen LogP contribution in [0.2, 0.25) is 0 Å². The van der Waals surface area contributed by atoms with Gasteiger partial charge in [0, 0.05) is 5.56 Å². The molecule has 2 rings (SSSR count). The summed E-state index contributed by atoms with van der Waals surface area (Å²) < 4.78 is 0. The standard InChI is InChI=1S/C15H19NO3/c1-2-13(15(18)19)16-14(17)12-8-6-11(7-9-12)10-4-3-5-10/h6-10,13H,2-5H2,1H3,(H,16,17)(H,18,19).